The number of rotatable bonds is 5. The molecule has 2 N–H and O–H groups in total. The minimum atomic E-state index is -0.205. The van der Waals surface area contributed by atoms with Gasteiger partial charge in [-0.15, -0.1) is 0 Å². The Morgan fingerprint density at radius 3 is 2.10 bits per heavy atom. The van der Waals surface area contributed by atoms with Crippen LogP contribution in [0.15, 0.2) is 24.3 Å². The van der Waals surface area contributed by atoms with E-state index >= 15 is 0 Å². The third kappa shape index (κ3) is 4.03. The first-order valence-electron chi connectivity index (χ1n) is 7.41. The summed E-state index contributed by atoms with van der Waals surface area (Å²) >= 11 is 0. The zero-order chi connectivity index (χ0) is 15.5. The summed E-state index contributed by atoms with van der Waals surface area (Å²) in [6.07, 6.45) is 0.892. The van der Waals surface area contributed by atoms with Gasteiger partial charge in [0.05, 0.1) is 0 Å². The molecule has 3 unspecified atom stereocenters. The Balaban J connectivity index is 3.10. The molecule has 0 saturated heterocycles. The Kier molecular flexibility index (Phi) is 5.72. The van der Waals surface area contributed by atoms with Crippen LogP contribution in [0.5, 0.6) is 0 Å². The summed E-state index contributed by atoms with van der Waals surface area (Å²) in [5, 5.41) is 0. The van der Waals surface area contributed by atoms with Crippen LogP contribution >= 0.6 is 0 Å². The van der Waals surface area contributed by atoms with Gasteiger partial charge in [0.25, 0.3) is 0 Å². The molecule has 0 saturated carbocycles. The van der Waals surface area contributed by atoms with Crippen LogP contribution in [-0.4, -0.2) is 24.0 Å². The highest BCUT2D eigenvalue weighted by atomic mass is 19.1. The Labute approximate surface area is 123 Å². The zero-order valence-electron chi connectivity index (χ0n) is 13.7. The molecule has 0 amide bonds. The average molecular weight is 280 g/mol. The molecule has 0 spiro atoms. The minimum Gasteiger partial charge on any atom is -0.326 e. The highest BCUT2D eigenvalue weighted by molar-refractivity contribution is 5.22. The van der Waals surface area contributed by atoms with Crippen molar-refractivity contribution in [2.24, 2.45) is 11.1 Å². The smallest absolute Gasteiger partial charge is 0.123 e. The van der Waals surface area contributed by atoms with Gasteiger partial charge in [-0.3, -0.25) is 4.90 Å². The first-order valence-corrected chi connectivity index (χ1v) is 7.41. The number of hydrogen-bond donors (Lipinski definition) is 1. The van der Waals surface area contributed by atoms with E-state index in [0.717, 1.165) is 12.0 Å². The second kappa shape index (κ2) is 6.68. The highest BCUT2D eigenvalue weighted by Gasteiger charge is 2.32. The standard InChI is InChI=1S/C17H29FN2/c1-7-15(19)16(13-8-10-14(18)11-9-13)20(6)12(2)17(3,4)5/h8-12,15-16H,7,19H2,1-6H3. The molecular formula is C17H29FN2. The maximum absolute atomic E-state index is 13.1. The van der Waals surface area contributed by atoms with E-state index in [2.05, 4.69) is 46.6 Å². The maximum atomic E-state index is 13.1. The van der Waals surface area contributed by atoms with Gasteiger partial charge in [0, 0.05) is 18.1 Å². The summed E-state index contributed by atoms with van der Waals surface area (Å²) in [6.45, 7) is 11.0. The molecule has 0 fully saturated rings. The summed E-state index contributed by atoms with van der Waals surface area (Å²) in [4.78, 5) is 2.32. The van der Waals surface area contributed by atoms with E-state index in [1.54, 1.807) is 0 Å². The van der Waals surface area contributed by atoms with E-state index in [1.807, 2.05) is 12.1 Å². The first-order chi connectivity index (χ1) is 9.18. The largest absolute Gasteiger partial charge is 0.326 e. The molecule has 0 bridgehead atoms. The van der Waals surface area contributed by atoms with Crippen molar-refractivity contribution in [2.75, 3.05) is 7.05 Å². The van der Waals surface area contributed by atoms with E-state index in [1.165, 1.54) is 12.1 Å². The maximum Gasteiger partial charge on any atom is 0.123 e. The topological polar surface area (TPSA) is 29.3 Å². The molecule has 1 rings (SSSR count). The number of benzene rings is 1. The number of nitrogens with zero attached hydrogens (tertiary/aromatic N) is 1. The second-order valence-electron chi connectivity index (χ2n) is 6.78. The monoisotopic (exact) mass is 280 g/mol. The highest BCUT2D eigenvalue weighted by Crippen LogP contribution is 2.32. The molecule has 3 heteroatoms. The molecule has 0 aliphatic rings. The normalized spacial score (nSPS) is 17.1. The lowest BCUT2D eigenvalue weighted by atomic mass is 9.84. The van der Waals surface area contributed by atoms with Gasteiger partial charge in [-0.1, -0.05) is 39.8 Å². The number of nitrogens with two attached hydrogens (primary N) is 1. The van der Waals surface area contributed by atoms with Gasteiger partial charge in [-0.05, 0) is 43.5 Å². The van der Waals surface area contributed by atoms with Crippen molar-refractivity contribution in [3.8, 4) is 0 Å². The van der Waals surface area contributed by atoms with Crippen molar-refractivity contribution < 1.29 is 4.39 Å². The molecular weight excluding hydrogens is 251 g/mol. The average Bonchev–Trinajstić information content (AvgIpc) is 2.38. The van der Waals surface area contributed by atoms with Crippen molar-refractivity contribution in [3.05, 3.63) is 35.6 Å². The Morgan fingerprint density at radius 2 is 1.70 bits per heavy atom. The lowest BCUT2D eigenvalue weighted by Crippen LogP contribution is -2.47. The Morgan fingerprint density at radius 1 is 1.20 bits per heavy atom. The fourth-order valence-electron chi connectivity index (χ4n) is 2.52. The molecule has 0 aliphatic heterocycles. The van der Waals surface area contributed by atoms with Crippen LogP contribution < -0.4 is 5.73 Å². The fourth-order valence-corrected chi connectivity index (χ4v) is 2.52. The molecule has 114 valence electrons. The van der Waals surface area contributed by atoms with E-state index in [4.69, 9.17) is 5.73 Å². The van der Waals surface area contributed by atoms with Gasteiger partial charge >= 0.3 is 0 Å². The third-order valence-corrected chi connectivity index (χ3v) is 4.39. The van der Waals surface area contributed by atoms with Gasteiger partial charge < -0.3 is 5.73 Å². The molecule has 0 aromatic heterocycles. The summed E-state index contributed by atoms with van der Waals surface area (Å²) in [5.41, 5.74) is 7.58. The number of likely N-dealkylation sites (N-methyl/N-ethyl adjacent to an activating group) is 1. The van der Waals surface area contributed by atoms with Gasteiger partial charge in [-0.25, -0.2) is 4.39 Å². The van der Waals surface area contributed by atoms with Crippen LogP contribution in [0.2, 0.25) is 0 Å². The summed E-state index contributed by atoms with van der Waals surface area (Å²) in [6, 6.07) is 7.24. The van der Waals surface area contributed by atoms with Crippen molar-refractivity contribution in [3.63, 3.8) is 0 Å². The summed E-state index contributed by atoms with van der Waals surface area (Å²) < 4.78 is 13.1. The van der Waals surface area contributed by atoms with Crippen molar-refractivity contribution in [1.29, 1.82) is 0 Å². The van der Waals surface area contributed by atoms with E-state index in [9.17, 15) is 4.39 Å². The zero-order valence-corrected chi connectivity index (χ0v) is 13.7. The van der Waals surface area contributed by atoms with Crippen LogP contribution in [0.1, 0.15) is 52.6 Å². The Hall–Kier alpha value is -0.930. The quantitative estimate of drug-likeness (QED) is 0.884. The first kappa shape index (κ1) is 17.1. The molecule has 0 heterocycles. The third-order valence-electron chi connectivity index (χ3n) is 4.39. The van der Waals surface area contributed by atoms with Crippen molar-refractivity contribution in [1.82, 2.24) is 4.90 Å². The van der Waals surface area contributed by atoms with E-state index in [0.29, 0.717) is 6.04 Å². The molecule has 0 radical (unpaired) electrons. The van der Waals surface area contributed by atoms with Crippen molar-refractivity contribution >= 4 is 0 Å². The number of halogens is 1. The van der Waals surface area contributed by atoms with Gasteiger partial charge in [0.1, 0.15) is 5.82 Å². The number of hydrogen-bond acceptors (Lipinski definition) is 2. The van der Waals surface area contributed by atoms with Gasteiger partial charge in [0.2, 0.25) is 0 Å². The van der Waals surface area contributed by atoms with Gasteiger partial charge in [-0.2, -0.15) is 0 Å². The lowest BCUT2D eigenvalue weighted by molar-refractivity contribution is 0.0831. The molecule has 1 aromatic rings. The van der Waals surface area contributed by atoms with E-state index in [-0.39, 0.29) is 23.3 Å². The summed E-state index contributed by atoms with van der Waals surface area (Å²) in [5.74, 6) is -0.205. The molecule has 0 aliphatic carbocycles. The Bertz CT molecular complexity index is 408. The minimum absolute atomic E-state index is 0.0373. The second-order valence-corrected chi connectivity index (χ2v) is 6.78. The van der Waals surface area contributed by atoms with Crippen LogP contribution in [0.4, 0.5) is 4.39 Å². The van der Waals surface area contributed by atoms with Crippen LogP contribution in [0.25, 0.3) is 0 Å². The predicted octanol–water partition coefficient (Wildman–Crippen LogP) is 3.97. The van der Waals surface area contributed by atoms with E-state index < -0.39 is 0 Å². The van der Waals surface area contributed by atoms with Crippen LogP contribution in [0.3, 0.4) is 0 Å². The molecule has 2 nitrogen and oxygen atoms in total. The van der Waals surface area contributed by atoms with Crippen LogP contribution in [-0.2, 0) is 0 Å². The van der Waals surface area contributed by atoms with Crippen molar-refractivity contribution in [2.45, 2.75) is 59.2 Å². The predicted molar refractivity (Wildman–Crippen MR) is 84.1 cm³/mol. The fraction of sp³-hybridized carbons (Fsp3) is 0.647. The SMILES string of the molecule is CCC(N)C(c1ccc(F)cc1)N(C)C(C)C(C)(C)C. The molecule has 20 heavy (non-hydrogen) atoms. The van der Waals surface area contributed by atoms with Gasteiger partial charge in [0.15, 0.2) is 0 Å². The molecule has 1 aromatic carbocycles. The van der Waals surface area contributed by atoms with Crippen LogP contribution in [0, 0.1) is 11.2 Å². The molecule has 3 atom stereocenters. The lowest BCUT2D eigenvalue weighted by Gasteiger charge is -2.42. The summed E-state index contributed by atoms with van der Waals surface area (Å²) in [7, 11) is 2.11.